The number of hydrogen-bond donors (Lipinski definition) is 3. The molecule has 2 aromatic heterocycles. The molecule has 2 aliphatic rings. The Labute approximate surface area is 199 Å². The maximum atomic E-state index is 12.3. The second-order valence-electron chi connectivity index (χ2n) is 10.2. The van der Waals surface area contributed by atoms with Gasteiger partial charge in [0.25, 0.3) is 0 Å². The Hall–Kier alpha value is -3.24. The Bertz CT molecular complexity index is 1240. The van der Waals surface area contributed by atoms with Crippen LogP contribution in [0.5, 0.6) is 0 Å². The summed E-state index contributed by atoms with van der Waals surface area (Å²) in [5.41, 5.74) is 2.02. The maximum absolute atomic E-state index is 12.3. The lowest BCUT2D eigenvalue weighted by molar-refractivity contribution is -0.119. The van der Waals surface area contributed by atoms with Gasteiger partial charge in [-0.05, 0) is 64.9 Å². The smallest absolute Gasteiger partial charge is 0.247 e. The molecule has 1 saturated heterocycles. The number of likely N-dealkylation sites (N-methyl/N-ethyl adjacent to an activating group) is 1. The predicted molar refractivity (Wildman–Crippen MR) is 132 cm³/mol. The lowest BCUT2D eigenvalue weighted by atomic mass is 9.86. The highest BCUT2D eigenvalue weighted by atomic mass is 16.3. The average molecular weight is 465 g/mol. The summed E-state index contributed by atoms with van der Waals surface area (Å²) in [6.07, 6.45) is 5.82. The molecule has 34 heavy (non-hydrogen) atoms. The summed E-state index contributed by atoms with van der Waals surface area (Å²) >= 11 is 0. The van der Waals surface area contributed by atoms with E-state index in [1.54, 1.807) is 16.9 Å². The molecule has 1 aromatic carbocycles. The van der Waals surface area contributed by atoms with Gasteiger partial charge in [0, 0.05) is 43.4 Å². The summed E-state index contributed by atoms with van der Waals surface area (Å²) in [7, 11) is 3.98. The molecule has 1 atom stereocenters. The Morgan fingerprint density at radius 3 is 2.85 bits per heavy atom. The second-order valence-corrected chi connectivity index (χ2v) is 10.2. The molecule has 0 aliphatic carbocycles. The van der Waals surface area contributed by atoms with Gasteiger partial charge in [0.1, 0.15) is 0 Å². The van der Waals surface area contributed by atoms with Crippen LogP contribution in [0.25, 0.3) is 5.65 Å². The molecule has 5 rings (SSSR count). The lowest BCUT2D eigenvalue weighted by Crippen LogP contribution is -2.41. The molecule has 2 aliphatic heterocycles. The number of rotatable bonds is 5. The van der Waals surface area contributed by atoms with Crippen LogP contribution >= 0.6 is 0 Å². The number of carbonyl (C=O) groups excluding carboxylic acids is 1. The van der Waals surface area contributed by atoms with Gasteiger partial charge in [0.05, 0.1) is 11.0 Å². The van der Waals surface area contributed by atoms with Gasteiger partial charge >= 0.3 is 0 Å². The van der Waals surface area contributed by atoms with Crippen LogP contribution in [-0.4, -0.2) is 74.8 Å². The van der Waals surface area contributed by atoms with Crippen molar-refractivity contribution in [2.75, 3.05) is 49.3 Å². The molecule has 10 heteroatoms. The minimum absolute atomic E-state index is 0.00356. The molecule has 3 N–H and O–H groups in total. The van der Waals surface area contributed by atoms with Crippen LogP contribution in [0.2, 0.25) is 0 Å². The van der Waals surface area contributed by atoms with Crippen LogP contribution in [0.1, 0.15) is 38.7 Å². The normalized spacial score (nSPS) is 22.1. The van der Waals surface area contributed by atoms with Gasteiger partial charge in [-0.1, -0.05) is 6.07 Å². The zero-order valence-corrected chi connectivity index (χ0v) is 20.2. The number of amides is 1. The molecule has 0 saturated carbocycles. The van der Waals surface area contributed by atoms with Gasteiger partial charge in [0.15, 0.2) is 11.5 Å². The molecule has 0 radical (unpaired) electrons. The van der Waals surface area contributed by atoms with E-state index >= 15 is 0 Å². The Morgan fingerprint density at radius 2 is 2.06 bits per heavy atom. The largest absolute Gasteiger partial charge is 0.388 e. The minimum Gasteiger partial charge on any atom is -0.388 e. The van der Waals surface area contributed by atoms with E-state index in [-0.39, 0.29) is 5.91 Å². The summed E-state index contributed by atoms with van der Waals surface area (Å²) in [5, 5.41) is 21.8. The highest BCUT2D eigenvalue weighted by molar-refractivity contribution is 6.06. The number of anilines is 4. The average Bonchev–Trinajstić information content (AvgIpc) is 3.19. The quantitative estimate of drug-likeness (QED) is 0.528. The van der Waals surface area contributed by atoms with Crippen LogP contribution in [0.4, 0.5) is 23.1 Å². The SMILES string of the molecule is CN(C)CC1(O)CCCN(c2nccn3nc(Nc4ccc5c(c4)NC(=O)C5(C)C)nc23)CC1. The molecule has 1 unspecified atom stereocenters. The molecular weight excluding hydrogens is 432 g/mol. The zero-order valence-electron chi connectivity index (χ0n) is 20.2. The van der Waals surface area contributed by atoms with E-state index in [1.807, 2.05) is 51.0 Å². The molecule has 0 bridgehead atoms. The molecule has 0 spiro atoms. The number of fused-ring (bicyclic) bond motifs is 2. The standard InChI is InChI=1S/C24H32N8O2/c1-23(2)17-7-6-16(14-18(17)27-21(23)33)26-22-28-20-19(25-10-13-32(20)29-22)31-11-5-8-24(34,9-12-31)15-30(3)4/h6-7,10,13-14,34H,5,8-9,11-12,15H2,1-4H3,(H,26,29)(H,27,33). The van der Waals surface area contributed by atoms with Gasteiger partial charge in [-0.25, -0.2) is 9.50 Å². The monoisotopic (exact) mass is 464 g/mol. The Kier molecular flexibility index (Phi) is 5.44. The van der Waals surface area contributed by atoms with Gasteiger partial charge in [-0.2, -0.15) is 4.98 Å². The molecule has 3 aromatic rings. The molecule has 4 heterocycles. The van der Waals surface area contributed by atoms with E-state index in [9.17, 15) is 9.90 Å². The first-order valence-corrected chi connectivity index (χ1v) is 11.7. The number of carbonyl (C=O) groups is 1. The van der Waals surface area contributed by atoms with E-state index in [4.69, 9.17) is 4.98 Å². The van der Waals surface area contributed by atoms with Gasteiger partial charge in [0.2, 0.25) is 11.9 Å². The third-order valence-electron chi connectivity index (χ3n) is 6.83. The molecule has 180 valence electrons. The number of nitrogens with one attached hydrogen (secondary N) is 2. The zero-order chi connectivity index (χ0) is 24.1. The number of benzene rings is 1. The van der Waals surface area contributed by atoms with Crippen molar-refractivity contribution in [2.24, 2.45) is 0 Å². The van der Waals surface area contributed by atoms with Crippen molar-refractivity contribution < 1.29 is 9.90 Å². The molecule has 1 amide bonds. The lowest BCUT2D eigenvalue weighted by Gasteiger charge is -2.30. The van der Waals surface area contributed by atoms with Crippen molar-refractivity contribution >= 4 is 34.7 Å². The second kappa shape index (κ2) is 8.21. The Balaban J connectivity index is 1.38. The Morgan fingerprint density at radius 1 is 1.24 bits per heavy atom. The fraction of sp³-hybridized carbons (Fsp3) is 0.500. The van der Waals surface area contributed by atoms with E-state index in [2.05, 4.69) is 25.6 Å². The summed E-state index contributed by atoms with van der Waals surface area (Å²) in [5.74, 6) is 1.22. The number of hydrogen-bond acceptors (Lipinski definition) is 8. The van der Waals surface area contributed by atoms with E-state index in [1.165, 1.54) is 0 Å². The molecular formula is C24H32N8O2. The van der Waals surface area contributed by atoms with E-state index in [0.717, 1.165) is 42.1 Å². The minimum atomic E-state index is -0.693. The van der Waals surface area contributed by atoms with Gasteiger partial charge in [-0.3, -0.25) is 4.79 Å². The highest BCUT2D eigenvalue weighted by Gasteiger charge is 2.38. The van der Waals surface area contributed by atoms with Crippen LogP contribution < -0.4 is 15.5 Å². The first kappa shape index (κ1) is 22.5. The summed E-state index contributed by atoms with van der Waals surface area (Å²) in [6.45, 7) is 5.99. The third kappa shape index (κ3) is 4.07. The van der Waals surface area contributed by atoms with E-state index in [0.29, 0.717) is 31.1 Å². The van der Waals surface area contributed by atoms with E-state index < -0.39 is 11.0 Å². The van der Waals surface area contributed by atoms with Crippen molar-refractivity contribution in [1.29, 1.82) is 0 Å². The predicted octanol–water partition coefficient (Wildman–Crippen LogP) is 2.38. The summed E-state index contributed by atoms with van der Waals surface area (Å²) < 4.78 is 1.72. The van der Waals surface area contributed by atoms with Crippen LogP contribution in [0, 0.1) is 0 Å². The summed E-state index contributed by atoms with van der Waals surface area (Å²) in [4.78, 5) is 25.8. The van der Waals surface area contributed by atoms with Crippen molar-refractivity contribution in [3.05, 3.63) is 36.2 Å². The summed E-state index contributed by atoms with van der Waals surface area (Å²) in [6, 6.07) is 5.81. The molecule has 1 fully saturated rings. The maximum Gasteiger partial charge on any atom is 0.247 e. The topological polar surface area (TPSA) is 111 Å². The molecule has 10 nitrogen and oxygen atoms in total. The van der Waals surface area contributed by atoms with Crippen molar-refractivity contribution in [2.45, 2.75) is 44.1 Å². The first-order valence-electron chi connectivity index (χ1n) is 11.7. The highest BCUT2D eigenvalue weighted by Crippen LogP contribution is 2.39. The van der Waals surface area contributed by atoms with Crippen molar-refractivity contribution in [1.82, 2.24) is 24.5 Å². The number of aromatic nitrogens is 4. The third-order valence-corrected chi connectivity index (χ3v) is 6.83. The first-order chi connectivity index (χ1) is 16.1. The van der Waals surface area contributed by atoms with Gasteiger partial charge < -0.3 is 25.5 Å². The number of nitrogens with zero attached hydrogens (tertiary/aromatic N) is 6. The van der Waals surface area contributed by atoms with Crippen LogP contribution in [0.15, 0.2) is 30.6 Å². The van der Waals surface area contributed by atoms with Crippen LogP contribution in [-0.2, 0) is 10.2 Å². The fourth-order valence-electron chi connectivity index (χ4n) is 5.02. The van der Waals surface area contributed by atoms with Crippen molar-refractivity contribution in [3.8, 4) is 0 Å². The van der Waals surface area contributed by atoms with Gasteiger partial charge in [-0.15, -0.1) is 5.10 Å². The van der Waals surface area contributed by atoms with Crippen LogP contribution in [0.3, 0.4) is 0 Å². The number of aliphatic hydroxyl groups is 1. The fourth-order valence-corrected chi connectivity index (χ4v) is 5.02. The van der Waals surface area contributed by atoms with Crippen molar-refractivity contribution in [3.63, 3.8) is 0 Å².